The monoisotopic (exact) mass is 524 g/mol. The summed E-state index contributed by atoms with van der Waals surface area (Å²) in [7, 11) is -1.12. The van der Waals surface area contributed by atoms with E-state index in [9.17, 15) is 23.3 Å². The van der Waals surface area contributed by atoms with Gasteiger partial charge in [0.05, 0.1) is 36.6 Å². The van der Waals surface area contributed by atoms with Gasteiger partial charge in [0.2, 0.25) is 10.0 Å². The second-order valence-corrected chi connectivity index (χ2v) is 9.84. The topological polar surface area (TPSA) is 134 Å². The van der Waals surface area contributed by atoms with E-state index in [0.29, 0.717) is 17.1 Å². The van der Waals surface area contributed by atoms with Crippen LogP contribution in [0.25, 0.3) is 0 Å². The largest absolute Gasteiger partial charge is 0.497 e. The molecule has 2 aromatic carbocycles. The summed E-state index contributed by atoms with van der Waals surface area (Å²) >= 11 is 5.79. The quantitative estimate of drug-likeness (QED) is 0.214. The predicted octanol–water partition coefficient (Wildman–Crippen LogP) is 3.84. The molecule has 3 atom stereocenters. The molecule has 0 fully saturated rings. The zero-order valence-electron chi connectivity index (χ0n) is 19.3. The lowest BCUT2D eigenvalue weighted by atomic mass is 9.84. The van der Waals surface area contributed by atoms with Crippen molar-refractivity contribution in [3.8, 4) is 11.5 Å². The second-order valence-electron chi connectivity index (χ2n) is 7.72. The maximum Gasteiger partial charge on any atom is 0.314 e. The van der Waals surface area contributed by atoms with Gasteiger partial charge in [-0.1, -0.05) is 23.8 Å². The summed E-state index contributed by atoms with van der Waals surface area (Å²) in [6, 6.07) is 7.68. The van der Waals surface area contributed by atoms with E-state index in [1.807, 2.05) is 0 Å². The molecule has 1 aliphatic rings. The number of nitrogens with one attached hydrogen (secondary N) is 1. The van der Waals surface area contributed by atoms with E-state index in [1.54, 1.807) is 37.3 Å². The number of carbonyl (C=O) groups excluding carboxylic acids is 1. The van der Waals surface area contributed by atoms with Crippen LogP contribution >= 0.6 is 11.6 Å². The molecule has 0 heterocycles. The fourth-order valence-corrected chi connectivity index (χ4v) is 5.39. The number of halogens is 1. The van der Waals surface area contributed by atoms with Gasteiger partial charge in [-0.15, -0.1) is 0 Å². The zero-order chi connectivity index (χ0) is 25.8. The van der Waals surface area contributed by atoms with Gasteiger partial charge >= 0.3 is 5.97 Å². The molecule has 0 saturated carbocycles. The van der Waals surface area contributed by atoms with Gasteiger partial charge in [0.15, 0.2) is 0 Å². The van der Waals surface area contributed by atoms with Crippen LogP contribution in [0.3, 0.4) is 0 Å². The molecule has 35 heavy (non-hydrogen) atoms. The lowest BCUT2D eigenvalue weighted by Crippen LogP contribution is -2.34. The number of esters is 1. The minimum absolute atomic E-state index is 0.167. The zero-order valence-corrected chi connectivity index (χ0v) is 20.8. The third-order valence-electron chi connectivity index (χ3n) is 5.59. The van der Waals surface area contributed by atoms with Crippen LogP contribution in [-0.2, 0) is 19.6 Å². The highest BCUT2D eigenvalue weighted by Gasteiger charge is 2.37. The van der Waals surface area contributed by atoms with Crippen LogP contribution in [0.15, 0.2) is 53.4 Å². The normalized spacial score (nSPS) is 18.2. The summed E-state index contributed by atoms with van der Waals surface area (Å²) in [5, 5.41) is 11.0. The molecular weight excluding hydrogens is 500 g/mol. The number of hydrogen-bond acceptors (Lipinski definition) is 8. The molecule has 12 heteroatoms. The third-order valence-corrected chi connectivity index (χ3v) is 7.40. The number of sulfonamides is 1. The minimum Gasteiger partial charge on any atom is -0.497 e. The molecule has 188 valence electrons. The highest BCUT2D eigenvalue weighted by atomic mass is 35.5. The lowest BCUT2D eigenvalue weighted by molar-refractivity contribution is -0.384. The molecule has 0 bridgehead atoms. The minimum atomic E-state index is -4.11. The Kier molecular flexibility index (Phi) is 8.36. The number of nitro groups is 1. The molecule has 10 nitrogen and oxygen atoms in total. The third kappa shape index (κ3) is 5.92. The Morgan fingerprint density at radius 3 is 2.57 bits per heavy atom. The Labute approximate surface area is 208 Å². The molecule has 0 spiro atoms. The van der Waals surface area contributed by atoms with E-state index >= 15 is 0 Å². The smallest absolute Gasteiger partial charge is 0.314 e. The maximum atomic E-state index is 13.0. The summed E-state index contributed by atoms with van der Waals surface area (Å²) in [5.74, 6) is -0.677. The van der Waals surface area contributed by atoms with E-state index < -0.39 is 44.5 Å². The van der Waals surface area contributed by atoms with E-state index in [2.05, 4.69) is 4.72 Å². The second kappa shape index (κ2) is 11.1. The first-order chi connectivity index (χ1) is 16.6. The van der Waals surface area contributed by atoms with Gasteiger partial charge in [-0.2, -0.15) is 0 Å². The predicted molar refractivity (Wildman–Crippen MR) is 128 cm³/mol. The number of benzene rings is 2. The van der Waals surface area contributed by atoms with E-state index in [-0.39, 0.29) is 22.9 Å². The standard InChI is InChI=1S/C23H25ClN2O8S/c1-4-34-23(27)22(18-12-16(32-2)7-10-21(18)33-3)14-5-6-15(11-14)25-35(30,31)17-8-9-19(24)20(13-17)26(28)29/h5-10,12-15,22,25H,4,11H2,1-3H3. The van der Waals surface area contributed by atoms with Gasteiger partial charge in [0, 0.05) is 17.7 Å². The summed E-state index contributed by atoms with van der Waals surface area (Å²) < 4.78 is 44.4. The summed E-state index contributed by atoms with van der Waals surface area (Å²) in [4.78, 5) is 23.1. The van der Waals surface area contributed by atoms with Crippen LogP contribution in [-0.4, -0.2) is 46.2 Å². The number of rotatable bonds is 10. The molecule has 0 radical (unpaired) electrons. The number of allylic oxidation sites excluding steroid dienone is 1. The SMILES string of the molecule is CCOC(=O)C(c1cc(OC)ccc1OC)C1C=CC(NS(=O)(=O)c2ccc(Cl)c([N+](=O)[O-])c2)C1. The van der Waals surface area contributed by atoms with E-state index in [4.69, 9.17) is 25.8 Å². The van der Waals surface area contributed by atoms with Crippen molar-refractivity contribution in [3.63, 3.8) is 0 Å². The first-order valence-electron chi connectivity index (χ1n) is 10.6. The number of nitrogens with zero attached hydrogens (tertiary/aromatic N) is 1. The van der Waals surface area contributed by atoms with Gasteiger partial charge in [0.25, 0.3) is 5.69 Å². The van der Waals surface area contributed by atoms with Gasteiger partial charge in [-0.25, -0.2) is 13.1 Å². The fraction of sp³-hybridized carbons (Fsp3) is 0.348. The fourth-order valence-electron chi connectivity index (χ4n) is 3.98. The van der Waals surface area contributed by atoms with Crippen molar-refractivity contribution < 1.29 is 32.3 Å². The molecule has 0 saturated heterocycles. The first kappa shape index (κ1) is 26.5. The Hall–Kier alpha value is -3.15. The van der Waals surface area contributed by atoms with Crippen LogP contribution in [0.5, 0.6) is 11.5 Å². The van der Waals surface area contributed by atoms with Crippen molar-refractivity contribution in [1.82, 2.24) is 4.72 Å². The van der Waals surface area contributed by atoms with Crippen molar-refractivity contribution in [1.29, 1.82) is 0 Å². The molecule has 1 N–H and O–H groups in total. The van der Waals surface area contributed by atoms with Crippen molar-refractivity contribution in [3.05, 3.63) is 69.3 Å². The van der Waals surface area contributed by atoms with Crippen molar-refractivity contribution >= 4 is 33.3 Å². The van der Waals surface area contributed by atoms with Crippen LogP contribution < -0.4 is 14.2 Å². The van der Waals surface area contributed by atoms with Gasteiger partial charge < -0.3 is 14.2 Å². The lowest BCUT2D eigenvalue weighted by Gasteiger charge is -2.24. The Morgan fingerprint density at radius 2 is 1.94 bits per heavy atom. The Morgan fingerprint density at radius 1 is 1.20 bits per heavy atom. The van der Waals surface area contributed by atoms with E-state index in [0.717, 1.165) is 12.1 Å². The summed E-state index contributed by atoms with van der Waals surface area (Å²) in [5.41, 5.74) is 0.0404. The highest BCUT2D eigenvalue weighted by molar-refractivity contribution is 7.89. The number of carbonyl (C=O) groups is 1. The molecule has 0 aromatic heterocycles. The molecule has 1 aliphatic carbocycles. The highest BCUT2D eigenvalue weighted by Crippen LogP contribution is 2.40. The number of hydrogen-bond donors (Lipinski definition) is 1. The van der Waals surface area contributed by atoms with Crippen molar-refractivity contribution in [2.24, 2.45) is 5.92 Å². The molecule has 0 aliphatic heterocycles. The summed E-state index contributed by atoms with van der Waals surface area (Å²) in [6.07, 6.45) is 3.64. The average molecular weight is 525 g/mol. The maximum absolute atomic E-state index is 13.0. The molecule has 0 amide bonds. The van der Waals surface area contributed by atoms with E-state index in [1.165, 1.54) is 20.3 Å². The first-order valence-corrected chi connectivity index (χ1v) is 12.5. The average Bonchev–Trinajstić information content (AvgIpc) is 3.26. The van der Waals surface area contributed by atoms with Crippen LogP contribution in [0.4, 0.5) is 5.69 Å². The number of ether oxygens (including phenoxy) is 3. The Bertz CT molecular complexity index is 1250. The number of nitro benzene ring substituents is 1. The Balaban J connectivity index is 1.87. The number of methoxy groups -OCH3 is 2. The molecule has 3 rings (SSSR count). The van der Waals surface area contributed by atoms with Gasteiger partial charge in [-0.3, -0.25) is 14.9 Å². The molecule has 3 unspecified atom stereocenters. The van der Waals surface area contributed by atoms with Gasteiger partial charge in [-0.05, 0) is 49.6 Å². The van der Waals surface area contributed by atoms with Crippen molar-refractivity contribution in [2.45, 2.75) is 30.2 Å². The van der Waals surface area contributed by atoms with Crippen LogP contribution in [0.1, 0.15) is 24.8 Å². The van der Waals surface area contributed by atoms with Crippen LogP contribution in [0.2, 0.25) is 5.02 Å². The molecule has 2 aromatic rings. The summed E-state index contributed by atoms with van der Waals surface area (Å²) in [6.45, 7) is 1.87. The van der Waals surface area contributed by atoms with Crippen molar-refractivity contribution in [2.75, 3.05) is 20.8 Å². The molecular formula is C23H25ClN2O8S. The van der Waals surface area contributed by atoms with Gasteiger partial charge in [0.1, 0.15) is 16.5 Å². The van der Waals surface area contributed by atoms with Crippen LogP contribution in [0, 0.1) is 16.0 Å².